The second kappa shape index (κ2) is 5.65. The van der Waals surface area contributed by atoms with Crippen molar-refractivity contribution in [2.45, 2.75) is 13.8 Å². The highest BCUT2D eigenvalue weighted by Crippen LogP contribution is 2.23. The maximum absolute atomic E-state index is 13.7. The Morgan fingerprint density at radius 2 is 1.95 bits per heavy atom. The molecular formula is C14H15F2N3. The monoisotopic (exact) mass is 263 g/mol. The largest absolute Gasteiger partial charge is 0.370 e. The van der Waals surface area contributed by atoms with E-state index in [9.17, 15) is 8.78 Å². The van der Waals surface area contributed by atoms with Gasteiger partial charge in [0.15, 0.2) is 0 Å². The Labute approximate surface area is 110 Å². The van der Waals surface area contributed by atoms with E-state index in [0.29, 0.717) is 11.5 Å². The van der Waals surface area contributed by atoms with E-state index in [1.54, 1.807) is 18.3 Å². The molecule has 0 aliphatic rings. The van der Waals surface area contributed by atoms with Gasteiger partial charge in [-0.2, -0.15) is 0 Å². The molecule has 100 valence electrons. The number of hydrogen-bond acceptors (Lipinski definition) is 3. The summed E-state index contributed by atoms with van der Waals surface area (Å²) < 4.78 is 27.1. The number of nitrogens with one attached hydrogen (secondary N) is 2. The minimum atomic E-state index is -0.485. The zero-order valence-corrected chi connectivity index (χ0v) is 10.8. The molecule has 2 aromatic rings. The molecule has 2 rings (SSSR count). The van der Waals surface area contributed by atoms with E-state index in [-0.39, 0.29) is 11.3 Å². The van der Waals surface area contributed by atoms with Crippen LogP contribution in [0.15, 0.2) is 30.5 Å². The van der Waals surface area contributed by atoms with Gasteiger partial charge in [0.05, 0.1) is 5.69 Å². The first-order valence-corrected chi connectivity index (χ1v) is 6.02. The number of hydrogen-bond donors (Lipinski definition) is 2. The van der Waals surface area contributed by atoms with E-state index in [1.807, 2.05) is 6.92 Å². The maximum atomic E-state index is 13.7. The van der Waals surface area contributed by atoms with Crippen molar-refractivity contribution in [2.24, 2.45) is 0 Å². The average Bonchev–Trinajstić information content (AvgIpc) is 2.37. The highest BCUT2D eigenvalue weighted by atomic mass is 19.1. The first-order chi connectivity index (χ1) is 9.10. The number of rotatable bonds is 4. The lowest BCUT2D eigenvalue weighted by molar-refractivity contribution is 0.595. The number of benzene rings is 1. The van der Waals surface area contributed by atoms with E-state index in [1.165, 1.54) is 13.0 Å². The van der Waals surface area contributed by atoms with E-state index in [0.717, 1.165) is 12.6 Å². The van der Waals surface area contributed by atoms with Crippen molar-refractivity contribution < 1.29 is 8.78 Å². The van der Waals surface area contributed by atoms with Gasteiger partial charge < -0.3 is 10.6 Å². The van der Waals surface area contributed by atoms with Crippen molar-refractivity contribution >= 4 is 17.2 Å². The fourth-order valence-electron chi connectivity index (χ4n) is 1.68. The second-order valence-electron chi connectivity index (χ2n) is 4.17. The van der Waals surface area contributed by atoms with Crippen molar-refractivity contribution in [3.05, 3.63) is 47.7 Å². The lowest BCUT2D eigenvalue weighted by Gasteiger charge is -2.10. The summed E-state index contributed by atoms with van der Waals surface area (Å²) in [5, 5.41) is 5.89. The quantitative estimate of drug-likeness (QED) is 0.880. The Balaban J connectivity index is 2.25. The molecule has 5 heteroatoms. The molecule has 0 saturated heterocycles. The molecular weight excluding hydrogens is 248 g/mol. The van der Waals surface area contributed by atoms with E-state index >= 15 is 0 Å². The van der Waals surface area contributed by atoms with Gasteiger partial charge in [-0.25, -0.2) is 13.8 Å². The van der Waals surface area contributed by atoms with Crippen molar-refractivity contribution in [3.63, 3.8) is 0 Å². The van der Waals surface area contributed by atoms with Gasteiger partial charge >= 0.3 is 0 Å². The number of aryl methyl sites for hydroxylation is 1. The third-order valence-electron chi connectivity index (χ3n) is 2.65. The predicted octanol–water partition coefficient (Wildman–Crippen LogP) is 3.84. The Morgan fingerprint density at radius 3 is 2.68 bits per heavy atom. The van der Waals surface area contributed by atoms with Gasteiger partial charge in [0.2, 0.25) is 0 Å². The van der Waals surface area contributed by atoms with Crippen LogP contribution in [0.5, 0.6) is 0 Å². The van der Waals surface area contributed by atoms with Crippen LogP contribution in [0.25, 0.3) is 0 Å². The Bertz CT molecular complexity index is 585. The minimum absolute atomic E-state index is 0.108. The lowest BCUT2D eigenvalue weighted by atomic mass is 10.2. The smallest absolute Gasteiger partial charge is 0.147 e. The fraction of sp³-hybridized carbons (Fsp3) is 0.214. The molecule has 0 spiro atoms. The molecule has 0 bridgehead atoms. The van der Waals surface area contributed by atoms with Gasteiger partial charge in [-0.15, -0.1) is 0 Å². The summed E-state index contributed by atoms with van der Waals surface area (Å²) in [6, 6.07) is 5.75. The SMILES string of the molecule is CCNc1cc(Nc2cc(F)c(C)cc2F)ccn1. The highest BCUT2D eigenvalue weighted by Gasteiger charge is 2.07. The summed E-state index contributed by atoms with van der Waals surface area (Å²) in [7, 11) is 0. The molecule has 3 nitrogen and oxygen atoms in total. The zero-order chi connectivity index (χ0) is 13.8. The number of pyridine rings is 1. The second-order valence-corrected chi connectivity index (χ2v) is 4.17. The molecule has 0 saturated carbocycles. The third kappa shape index (κ3) is 3.19. The first-order valence-electron chi connectivity index (χ1n) is 6.02. The van der Waals surface area contributed by atoms with Crippen LogP contribution in [0.3, 0.4) is 0 Å². The van der Waals surface area contributed by atoms with Crippen molar-refractivity contribution in [3.8, 4) is 0 Å². The van der Waals surface area contributed by atoms with Crippen LogP contribution < -0.4 is 10.6 Å². The van der Waals surface area contributed by atoms with Crippen molar-refractivity contribution in [1.29, 1.82) is 0 Å². The van der Waals surface area contributed by atoms with Crippen molar-refractivity contribution in [2.75, 3.05) is 17.2 Å². The molecule has 0 radical (unpaired) electrons. The number of halogens is 2. The molecule has 19 heavy (non-hydrogen) atoms. The Kier molecular flexibility index (Phi) is 3.94. The van der Waals surface area contributed by atoms with Crippen LogP contribution in [0.1, 0.15) is 12.5 Å². The molecule has 1 aromatic carbocycles. The number of anilines is 3. The minimum Gasteiger partial charge on any atom is -0.370 e. The standard InChI is InChI=1S/C14H15F2N3/c1-3-17-14-7-10(4-5-18-14)19-13-8-11(15)9(2)6-12(13)16/h4-8H,3H2,1-2H3,(H2,17,18,19). The molecule has 1 heterocycles. The summed E-state index contributed by atoms with van der Waals surface area (Å²) in [5.74, 6) is -0.244. The normalized spacial score (nSPS) is 10.3. The maximum Gasteiger partial charge on any atom is 0.147 e. The molecule has 2 N–H and O–H groups in total. The fourth-order valence-corrected chi connectivity index (χ4v) is 1.68. The Hall–Kier alpha value is -2.17. The molecule has 0 amide bonds. The molecule has 0 unspecified atom stereocenters. The van der Waals surface area contributed by atoms with Gasteiger partial charge in [0.25, 0.3) is 0 Å². The predicted molar refractivity (Wildman–Crippen MR) is 72.8 cm³/mol. The van der Waals surface area contributed by atoms with Crippen LogP contribution in [0.4, 0.5) is 26.0 Å². The van der Waals surface area contributed by atoms with E-state index in [4.69, 9.17) is 0 Å². The van der Waals surface area contributed by atoms with Gasteiger partial charge in [-0.05, 0) is 31.5 Å². The van der Waals surface area contributed by atoms with E-state index in [2.05, 4.69) is 15.6 Å². The number of aromatic nitrogens is 1. The topological polar surface area (TPSA) is 37.0 Å². The van der Waals surface area contributed by atoms with Gasteiger partial charge in [-0.3, -0.25) is 0 Å². The molecule has 0 aliphatic carbocycles. The summed E-state index contributed by atoms with van der Waals surface area (Å²) in [5.41, 5.74) is 1.04. The first kappa shape index (κ1) is 13.3. The third-order valence-corrected chi connectivity index (χ3v) is 2.65. The van der Waals surface area contributed by atoms with Crippen LogP contribution in [0, 0.1) is 18.6 Å². The van der Waals surface area contributed by atoms with E-state index < -0.39 is 11.6 Å². The number of nitrogens with zero attached hydrogens (tertiary/aromatic N) is 1. The van der Waals surface area contributed by atoms with Crippen LogP contribution >= 0.6 is 0 Å². The van der Waals surface area contributed by atoms with Gasteiger partial charge in [-0.1, -0.05) is 0 Å². The zero-order valence-electron chi connectivity index (χ0n) is 10.8. The lowest BCUT2D eigenvalue weighted by Crippen LogP contribution is -2.01. The molecule has 1 aromatic heterocycles. The van der Waals surface area contributed by atoms with Crippen LogP contribution in [0.2, 0.25) is 0 Å². The molecule has 0 fully saturated rings. The Morgan fingerprint density at radius 1 is 1.16 bits per heavy atom. The highest BCUT2D eigenvalue weighted by molar-refractivity contribution is 5.63. The van der Waals surface area contributed by atoms with Crippen molar-refractivity contribution in [1.82, 2.24) is 4.98 Å². The van der Waals surface area contributed by atoms with Crippen LogP contribution in [-0.4, -0.2) is 11.5 Å². The van der Waals surface area contributed by atoms with Crippen LogP contribution in [-0.2, 0) is 0 Å². The summed E-state index contributed by atoms with van der Waals surface area (Å²) in [6.45, 7) is 4.22. The average molecular weight is 263 g/mol. The summed E-state index contributed by atoms with van der Waals surface area (Å²) >= 11 is 0. The summed E-state index contributed by atoms with van der Waals surface area (Å²) in [4.78, 5) is 4.11. The van der Waals surface area contributed by atoms with Gasteiger partial charge in [0.1, 0.15) is 17.5 Å². The molecule has 0 atom stereocenters. The summed E-state index contributed by atoms with van der Waals surface area (Å²) in [6.07, 6.45) is 1.60. The molecule has 0 aliphatic heterocycles. The van der Waals surface area contributed by atoms with Gasteiger partial charge in [0, 0.05) is 30.6 Å².